The second-order valence-electron chi connectivity index (χ2n) is 5.97. The summed E-state index contributed by atoms with van der Waals surface area (Å²) in [4.78, 5) is 21.0. The van der Waals surface area contributed by atoms with E-state index in [9.17, 15) is 18.0 Å². The number of nitriles is 1. The molecular weight excluding hydrogens is 425 g/mol. The van der Waals surface area contributed by atoms with Gasteiger partial charge in [-0.15, -0.1) is 13.2 Å². The van der Waals surface area contributed by atoms with Crippen molar-refractivity contribution in [3.63, 3.8) is 0 Å². The Hall–Kier alpha value is -3.65. The lowest BCUT2D eigenvalue weighted by Gasteiger charge is -2.17. The number of ether oxygens (including phenoxy) is 1. The smallest absolute Gasteiger partial charge is 0.406 e. The molecule has 0 aliphatic rings. The Kier molecular flexibility index (Phi) is 5.89. The van der Waals surface area contributed by atoms with Crippen molar-refractivity contribution in [3.05, 3.63) is 64.8 Å². The molecule has 1 unspecified atom stereocenters. The third-order valence-electron chi connectivity index (χ3n) is 3.76. The van der Waals surface area contributed by atoms with Crippen LogP contribution < -0.4 is 10.1 Å². The van der Waals surface area contributed by atoms with Gasteiger partial charge in [0.15, 0.2) is 5.82 Å². The average Bonchev–Trinajstić information content (AvgIpc) is 3.15. The molecule has 0 spiro atoms. The van der Waals surface area contributed by atoms with Gasteiger partial charge in [-0.05, 0) is 25.1 Å². The molecule has 3 rings (SSSR count). The SMILES string of the molecule is CC(NC(=O)c1cc(Cl)cc(OC(F)(F)F)c1)c1nccnc1-n1cc(C#N)cn1. The highest BCUT2D eigenvalue weighted by molar-refractivity contribution is 6.31. The number of nitrogens with one attached hydrogen (secondary N) is 1. The molecule has 0 aliphatic carbocycles. The second kappa shape index (κ2) is 8.38. The first-order valence-electron chi connectivity index (χ1n) is 8.29. The van der Waals surface area contributed by atoms with E-state index in [2.05, 4.69) is 25.1 Å². The van der Waals surface area contributed by atoms with E-state index in [0.717, 1.165) is 12.1 Å². The fraction of sp³-hybridized carbons (Fsp3) is 0.167. The van der Waals surface area contributed by atoms with Gasteiger partial charge < -0.3 is 10.1 Å². The molecule has 0 bridgehead atoms. The molecule has 2 aromatic heterocycles. The summed E-state index contributed by atoms with van der Waals surface area (Å²) in [5.74, 6) is -1.04. The Morgan fingerprint density at radius 2 is 2.03 bits per heavy atom. The molecular formula is C18H12ClF3N6O2. The Morgan fingerprint density at radius 3 is 2.70 bits per heavy atom. The van der Waals surface area contributed by atoms with E-state index in [1.165, 1.54) is 35.5 Å². The number of alkyl halides is 3. The lowest BCUT2D eigenvalue weighted by molar-refractivity contribution is -0.274. The van der Waals surface area contributed by atoms with Crippen molar-refractivity contribution in [3.8, 4) is 17.6 Å². The molecule has 1 amide bonds. The fourth-order valence-electron chi connectivity index (χ4n) is 2.55. The number of halogens is 4. The second-order valence-corrected chi connectivity index (χ2v) is 6.41. The van der Waals surface area contributed by atoms with Gasteiger partial charge in [0.2, 0.25) is 0 Å². The highest BCUT2D eigenvalue weighted by Crippen LogP contribution is 2.27. The number of benzene rings is 1. The Bertz CT molecular complexity index is 1130. The standard InChI is InChI=1S/C18H12ClF3N6O2/c1-10(15-16(25-3-2-24-15)28-9-11(7-23)8-26-28)27-17(29)12-4-13(19)6-14(5-12)30-18(20,21)22/h2-6,8-10H,1H3,(H,27,29). The molecule has 1 atom stereocenters. The van der Waals surface area contributed by atoms with Crippen LogP contribution in [0.4, 0.5) is 13.2 Å². The van der Waals surface area contributed by atoms with Gasteiger partial charge in [-0.1, -0.05) is 11.6 Å². The number of carbonyl (C=O) groups excluding carboxylic acids is 1. The summed E-state index contributed by atoms with van der Waals surface area (Å²) in [6, 6.07) is 4.31. The Balaban J connectivity index is 1.84. The van der Waals surface area contributed by atoms with E-state index < -0.39 is 24.1 Å². The van der Waals surface area contributed by atoms with E-state index in [1.54, 1.807) is 6.92 Å². The van der Waals surface area contributed by atoms with Crippen molar-refractivity contribution in [1.29, 1.82) is 5.26 Å². The van der Waals surface area contributed by atoms with Crippen LogP contribution in [0.15, 0.2) is 43.0 Å². The fourth-order valence-corrected chi connectivity index (χ4v) is 2.78. The van der Waals surface area contributed by atoms with Crippen LogP contribution in [-0.2, 0) is 0 Å². The van der Waals surface area contributed by atoms with E-state index in [-0.39, 0.29) is 16.4 Å². The maximum absolute atomic E-state index is 12.6. The van der Waals surface area contributed by atoms with Crippen LogP contribution in [-0.4, -0.2) is 32.0 Å². The quantitative estimate of drug-likeness (QED) is 0.655. The summed E-state index contributed by atoms with van der Waals surface area (Å²) >= 11 is 5.81. The summed E-state index contributed by atoms with van der Waals surface area (Å²) < 4.78 is 42.5. The van der Waals surface area contributed by atoms with Gasteiger partial charge in [0, 0.05) is 23.0 Å². The van der Waals surface area contributed by atoms with Gasteiger partial charge in [0.1, 0.15) is 17.5 Å². The molecule has 0 saturated carbocycles. The summed E-state index contributed by atoms with van der Waals surface area (Å²) in [6.07, 6.45) is 0.686. The predicted octanol–water partition coefficient (Wildman–Crippen LogP) is 3.58. The van der Waals surface area contributed by atoms with Crippen molar-refractivity contribution in [2.24, 2.45) is 0 Å². The molecule has 2 heterocycles. The number of aromatic nitrogens is 4. The summed E-state index contributed by atoms with van der Waals surface area (Å²) in [5.41, 5.74) is 0.497. The lowest BCUT2D eigenvalue weighted by atomic mass is 10.1. The van der Waals surface area contributed by atoms with E-state index in [1.807, 2.05) is 6.07 Å². The third kappa shape index (κ3) is 5.03. The van der Waals surface area contributed by atoms with Crippen LogP contribution in [0.1, 0.15) is 34.6 Å². The summed E-state index contributed by atoms with van der Waals surface area (Å²) in [6.45, 7) is 1.61. The first-order valence-corrected chi connectivity index (χ1v) is 8.67. The topological polar surface area (TPSA) is 106 Å². The van der Waals surface area contributed by atoms with Gasteiger partial charge in [0.25, 0.3) is 5.91 Å². The lowest BCUT2D eigenvalue weighted by Crippen LogP contribution is -2.28. The maximum atomic E-state index is 12.6. The van der Waals surface area contributed by atoms with Crippen LogP contribution in [0.25, 0.3) is 5.82 Å². The Labute approximate surface area is 172 Å². The van der Waals surface area contributed by atoms with Crippen LogP contribution >= 0.6 is 11.6 Å². The molecule has 0 fully saturated rings. The minimum absolute atomic E-state index is 0.102. The van der Waals surface area contributed by atoms with Gasteiger partial charge in [-0.25, -0.2) is 9.67 Å². The third-order valence-corrected chi connectivity index (χ3v) is 3.98. The molecule has 30 heavy (non-hydrogen) atoms. The van der Waals surface area contributed by atoms with Gasteiger partial charge >= 0.3 is 6.36 Å². The maximum Gasteiger partial charge on any atom is 0.573 e. The van der Waals surface area contributed by atoms with E-state index in [4.69, 9.17) is 16.9 Å². The van der Waals surface area contributed by atoms with Crippen LogP contribution in [0.5, 0.6) is 5.75 Å². The molecule has 0 saturated heterocycles. The molecule has 0 radical (unpaired) electrons. The van der Waals surface area contributed by atoms with Gasteiger partial charge in [0.05, 0.1) is 24.0 Å². The zero-order valence-electron chi connectivity index (χ0n) is 15.2. The van der Waals surface area contributed by atoms with Crippen molar-refractivity contribution in [2.45, 2.75) is 19.3 Å². The molecule has 0 aliphatic heterocycles. The summed E-state index contributed by atoms with van der Waals surface area (Å²) in [5, 5.41) is 15.5. The Morgan fingerprint density at radius 1 is 1.30 bits per heavy atom. The van der Waals surface area contributed by atoms with E-state index in [0.29, 0.717) is 11.3 Å². The highest BCUT2D eigenvalue weighted by Gasteiger charge is 2.31. The normalized spacial score (nSPS) is 12.1. The number of carbonyl (C=O) groups is 1. The number of hydrogen-bond donors (Lipinski definition) is 1. The highest BCUT2D eigenvalue weighted by atomic mass is 35.5. The minimum Gasteiger partial charge on any atom is -0.406 e. The van der Waals surface area contributed by atoms with Gasteiger partial charge in [-0.3, -0.25) is 9.78 Å². The monoisotopic (exact) mass is 436 g/mol. The molecule has 1 aromatic carbocycles. The zero-order chi connectivity index (χ0) is 21.9. The molecule has 154 valence electrons. The molecule has 12 heteroatoms. The largest absolute Gasteiger partial charge is 0.573 e. The van der Waals surface area contributed by atoms with Crippen molar-refractivity contribution in [2.75, 3.05) is 0 Å². The van der Waals surface area contributed by atoms with Gasteiger partial charge in [-0.2, -0.15) is 10.4 Å². The van der Waals surface area contributed by atoms with Crippen molar-refractivity contribution >= 4 is 17.5 Å². The predicted molar refractivity (Wildman–Crippen MR) is 97.9 cm³/mol. The average molecular weight is 437 g/mol. The number of rotatable bonds is 5. The zero-order valence-corrected chi connectivity index (χ0v) is 15.9. The number of amides is 1. The first kappa shape index (κ1) is 21.1. The number of nitrogens with zero attached hydrogens (tertiary/aromatic N) is 5. The minimum atomic E-state index is -4.92. The number of hydrogen-bond acceptors (Lipinski definition) is 6. The van der Waals surface area contributed by atoms with Crippen molar-refractivity contribution in [1.82, 2.24) is 25.1 Å². The van der Waals surface area contributed by atoms with Crippen LogP contribution in [0.3, 0.4) is 0 Å². The molecule has 1 N–H and O–H groups in total. The molecule has 3 aromatic rings. The van der Waals surface area contributed by atoms with Crippen LogP contribution in [0.2, 0.25) is 5.02 Å². The van der Waals surface area contributed by atoms with E-state index >= 15 is 0 Å². The summed E-state index contributed by atoms with van der Waals surface area (Å²) in [7, 11) is 0. The molecule has 8 nitrogen and oxygen atoms in total. The van der Waals surface area contributed by atoms with Crippen molar-refractivity contribution < 1.29 is 22.7 Å². The van der Waals surface area contributed by atoms with Crippen LogP contribution in [0, 0.1) is 11.3 Å². The first-order chi connectivity index (χ1) is 14.2.